The molecule has 1 saturated heterocycles. The predicted molar refractivity (Wildman–Crippen MR) is 50.1 cm³/mol. The van der Waals surface area contributed by atoms with Gasteiger partial charge in [-0.2, -0.15) is 0 Å². The summed E-state index contributed by atoms with van der Waals surface area (Å²) in [6.07, 6.45) is 1.48. The zero-order valence-corrected chi connectivity index (χ0v) is 8.29. The number of hydrogen-bond donors (Lipinski definition) is 2. The van der Waals surface area contributed by atoms with Gasteiger partial charge < -0.3 is 15.7 Å². The third-order valence-corrected chi connectivity index (χ3v) is 3.03. The van der Waals surface area contributed by atoms with Gasteiger partial charge in [0.15, 0.2) is 0 Å². The number of aliphatic hydroxyl groups is 1. The fourth-order valence-electron chi connectivity index (χ4n) is 1.68. The zero-order valence-electron chi connectivity index (χ0n) is 8.29. The van der Waals surface area contributed by atoms with Crippen molar-refractivity contribution in [2.45, 2.75) is 38.3 Å². The quantitative estimate of drug-likeness (QED) is 0.593. The molecular formula is C9H18N2O2. The second-order valence-electron chi connectivity index (χ2n) is 3.88. The first kappa shape index (κ1) is 10.5. The van der Waals surface area contributed by atoms with Crippen molar-refractivity contribution >= 4 is 5.91 Å². The fraction of sp³-hybridized carbons (Fsp3) is 0.889. The van der Waals surface area contributed by atoms with Crippen molar-refractivity contribution in [3.8, 4) is 0 Å². The maximum absolute atomic E-state index is 11.4. The first-order valence-corrected chi connectivity index (χ1v) is 4.73. The summed E-state index contributed by atoms with van der Waals surface area (Å²) in [5.41, 5.74) is 5.30. The largest absolute Gasteiger partial charge is 0.396 e. The smallest absolute Gasteiger partial charge is 0.241 e. The minimum absolute atomic E-state index is 0.0119. The SMILES string of the molecule is CCC(C)(CCO)N1CC(N)C1=O. The monoisotopic (exact) mass is 186 g/mol. The van der Waals surface area contributed by atoms with Gasteiger partial charge in [0.05, 0.1) is 0 Å². The molecule has 4 nitrogen and oxygen atoms in total. The lowest BCUT2D eigenvalue weighted by Gasteiger charge is -2.49. The van der Waals surface area contributed by atoms with Crippen LogP contribution in [0, 0.1) is 0 Å². The molecule has 1 amide bonds. The Morgan fingerprint density at radius 3 is 2.69 bits per heavy atom. The van der Waals surface area contributed by atoms with Crippen LogP contribution in [0.2, 0.25) is 0 Å². The number of nitrogens with zero attached hydrogens (tertiary/aromatic N) is 1. The number of likely N-dealkylation sites (tertiary alicyclic amines) is 1. The van der Waals surface area contributed by atoms with E-state index in [0.717, 1.165) is 6.42 Å². The molecule has 2 atom stereocenters. The van der Waals surface area contributed by atoms with Crippen LogP contribution in [0.5, 0.6) is 0 Å². The van der Waals surface area contributed by atoms with Gasteiger partial charge in [0, 0.05) is 18.7 Å². The van der Waals surface area contributed by atoms with E-state index in [9.17, 15) is 4.79 Å². The Balaban J connectivity index is 2.62. The lowest BCUT2D eigenvalue weighted by Crippen LogP contribution is -2.68. The van der Waals surface area contributed by atoms with Crippen molar-refractivity contribution < 1.29 is 9.90 Å². The first-order valence-electron chi connectivity index (χ1n) is 4.73. The number of β-lactam (4-membered cyclic amide) rings is 1. The average Bonchev–Trinajstić information content (AvgIpc) is 2.13. The van der Waals surface area contributed by atoms with E-state index in [1.807, 2.05) is 13.8 Å². The maximum Gasteiger partial charge on any atom is 0.241 e. The van der Waals surface area contributed by atoms with Crippen molar-refractivity contribution in [2.75, 3.05) is 13.2 Å². The molecule has 13 heavy (non-hydrogen) atoms. The van der Waals surface area contributed by atoms with Crippen LogP contribution in [0.25, 0.3) is 0 Å². The van der Waals surface area contributed by atoms with E-state index in [2.05, 4.69) is 0 Å². The Labute approximate surface area is 78.7 Å². The van der Waals surface area contributed by atoms with Crippen LogP contribution in [-0.2, 0) is 4.79 Å². The van der Waals surface area contributed by atoms with Crippen LogP contribution in [0.4, 0.5) is 0 Å². The Bertz CT molecular complexity index is 208. The minimum Gasteiger partial charge on any atom is -0.396 e. The molecular weight excluding hydrogens is 168 g/mol. The predicted octanol–water partition coefficient (Wildman–Crippen LogP) is -0.293. The van der Waals surface area contributed by atoms with E-state index in [-0.39, 0.29) is 24.1 Å². The summed E-state index contributed by atoms with van der Waals surface area (Å²) in [6, 6.07) is -0.315. The molecule has 3 N–H and O–H groups in total. The second-order valence-corrected chi connectivity index (χ2v) is 3.88. The summed E-state index contributed by atoms with van der Waals surface area (Å²) in [4.78, 5) is 13.1. The summed E-state index contributed by atoms with van der Waals surface area (Å²) >= 11 is 0. The van der Waals surface area contributed by atoms with E-state index in [4.69, 9.17) is 10.8 Å². The minimum atomic E-state index is -0.315. The van der Waals surface area contributed by atoms with Gasteiger partial charge in [0.1, 0.15) is 6.04 Å². The highest BCUT2D eigenvalue weighted by Gasteiger charge is 2.43. The van der Waals surface area contributed by atoms with Gasteiger partial charge in [-0.3, -0.25) is 4.79 Å². The third kappa shape index (κ3) is 1.69. The van der Waals surface area contributed by atoms with Gasteiger partial charge in [-0.1, -0.05) is 6.92 Å². The van der Waals surface area contributed by atoms with Crippen LogP contribution in [0.3, 0.4) is 0 Å². The number of carbonyl (C=O) groups is 1. The molecule has 1 heterocycles. The van der Waals surface area contributed by atoms with E-state index in [0.29, 0.717) is 13.0 Å². The number of amides is 1. The highest BCUT2D eigenvalue weighted by molar-refractivity contribution is 5.88. The van der Waals surface area contributed by atoms with Crippen molar-refractivity contribution in [3.05, 3.63) is 0 Å². The Kier molecular flexibility index (Phi) is 2.93. The van der Waals surface area contributed by atoms with Crippen molar-refractivity contribution in [1.29, 1.82) is 0 Å². The number of carbonyl (C=O) groups excluding carboxylic acids is 1. The average molecular weight is 186 g/mol. The maximum atomic E-state index is 11.4. The van der Waals surface area contributed by atoms with Crippen LogP contribution in [-0.4, -0.2) is 40.6 Å². The molecule has 0 aromatic heterocycles. The summed E-state index contributed by atoms with van der Waals surface area (Å²) in [5, 5.41) is 8.88. The standard InChI is InChI=1S/C9H18N2O2/c1-3-9(2,4-5-12)11-6-7(10)8(11)13/h7,12H,3-6,10H2,1-2H3. The number of nitrogens with two attached hydrogens (primary N) is 1. The summed E-state index contributed by atoms with van der Waals surface area (Å²) in [7, 11) is 0. The van der Waals surface area contributed by atoms with Crippen LogP contribution < -0.4 is 5.73 Å². The molecule has 0 spiro atoms. The Morgan fingerprint density at radius 1 is 1.77 bits per heavy atom. The van der Waals surface area contributed by atoms with Gasteiger partial charge >= 0.3 is 0 Å². The normalized spacial score (nSPS) is 26.9. The molecule has 0 aromatic rings. The fourth-order valence-corrected chi connectivity index (χ4v) is 1.68. The summed E-state index contributed by atoms with van der Waals surface area (Å²) < 4.78 is 0. The van der Waals surface area contributed by atoms with E-state index < -0.39 is 0 Å². The second kappa shape index (κ2) is 3.64. The highest BCUT2D eigenvalue weighted by atomic mass is 16.3. The van der Waals surface area contributed by atoms with Crippen molar-refractivity contribution in [1.82, 2.24) is 4.90 Å². The zero-order chi connectivity index (χ0) is 10.1. The third-order valence-electron chi connectivity index (χ3n) is 3.03. The van der Waals surface area contributed by atoms with Gasteiger partial charge in [-0.25, -0.2) is 0 Å². The van der Waals surface area contributed by atoms with Crippen molar-refractivity contribution in [2.24, 2.45) is 5.73 Å². The lowest BCUT2D eigenvalue weighted by molar-refractivity contribution is -0.151. The van der Waals surface area contributed by atoms with Gasteiger partial charge in [-0.05, 0) is 19.8 Å². The molecule has 0 saturated carbocycles. The first-order chi connectivity index (χ1) is 6.05. The molecule has 0 aromatic carbocycles. The molecule has 1 rings (SSSR count). The topological polar surface area (TPSA) is 66.6 Å². The summed E-state index contributed by atoms with van der Waals surface area (Å²) in [6.45, 7) is 4.76. The number of hydrogen-bond acceptors (Lipinski definition) is 3. The van der Waals surface area contributed by atoms with Gasteiger partial charge in [0.25, 0.3) is 0 Å². The van der Waals surface area contributed by atoms with Crippen LogP contribution >= 0.6 is 0 Å². The van der Waals surface area contributed by atoms with E-state index in [1.54, 1.807) is 4.90 Å². The van der Waals surface area contributed by atoms with Crippen LogP contribution in [0.15, 0.2) is 0 Å². The van der Waals surface area contributed by atoms with Crippen LogP contribution in [0.1, 0.15) is 26.7 Å². The molecule has 1 aliphatic rings. The molecule has 0 bridgehead atoms. The Hall–Kier alpha value is -0.610. The molecule has 0 radical (unpaired) electrons. The number of rotatable bonds is 4. The molecule has 0 aliphatic carbocycles. The van der Waals surface area contributed by atoms with Gasteiger partial charge in [0.2, 0.25) is 5.91 Å². The molecule has 1 fully saturated rings. The molecule has 2 unspecified atom stereocenters. The van der Waals surface area contributed by atoms with Gasteiger partial charge in [-0.15, -0.1) is 0 Å². The molecule has 1 aliphatic heterocycles. The Morgan fingerprint density at radius 2 is 2.38 bits per heavy atom. The molecule has 76 valence electrons. The highest BCUT2D eigenvalue weighted by Crippen LogP contribution is 2.28. The summed E-state index contributed by atoms with van der Waals surface area (Å²) in [5.74, 6) is 0.0119. The molecule has 4 heteroatoms. The van der Waals surface area contributed by atoms with Crippen molar-refractivity contribution in [3.63, 3.8) is 0 Å². The lowest BCUT2D eigenvalue weighted by atomic mass is 9.88. The van der Waals surface area contributed by atoms with E-state index in [1.165, 1.54) is 0 Å². The number of aliphatic hydroxyl groups excluding tert-OH is 1. The van der Waals surface area contributed by atoms with E-state index >= 15 is 0 Å².